The summed E-state index contributed by atoms with van der Waals surface area (Å²) in [6.07, 6.45) is -1.68. The van der Waals surface area contributed by atoms with E-state index < -0.39 is 44.3 Å². The fourth-order valence-corrected chi connectivity index (χ4v) is 7.09. The molecule has 2 fully saturated rings. The molecule has 0 aromatic heterocycles. The van der Waals surface area contributed by atoms with Gasteiger partial charge in [-0.1, -0.05) is 35.9 Å². The lowest BCUT2D eigenvalue weighted by Gasteiger charge is -2.40. The first-order valence-electron chi connectivity index (χ1n) is 11.2. The zero-order valence-electron chi connectivity index (χ0n) is 18.2. The Balaban J connectivity index is 1.45. The van der Waals surface area contributed by atoms with Crippen LogP contribution < -0.4 is 4.74 Å². The summed E-state index contributed by atoms with van der Waals surface area (Å²) < 4.78 is 24.0. The Morgan fingerprint density at radius 1 is 1.00 bits per heavy atom. The highest BCUT2D eigenvalue weighted by molar-refractivity contribution is 7.64. The second-order valence-corrected chi connectivity index (χ2v) is 12.6. The minimum absolute atomic E-state index is 0.291. The largest absolute Gasteiger partial charge is 0.486 e. The van der Waals surface area contributed by atoms with E-state index in [0.717, 1.165) is 36.3 Å². The van der Waals surface area contributed by atoms with Gasteiger partial charge in [0.1, 0.15) is 49.8 Å². The highest BCUT2D eigenvalue weighted by Crippen LogP contribution is 2.51. The van der Waals surface area contributed by atoms with Crippen LogP contribution in [0.1, 0.15) is 35.6 Å². The van der Waals surface area contributed by atoms with Crippen molar-refractivity contribution in [1.82, 2.24) is 0 Å². The van der Waals surface area contributed by atoms with Crippen molar-refractivity contribution in [2.24, 2.45) is 0 Å². The van der Waals surface area contributed by atoms with E-state index >= 15 is 0 Å². The summed E-state index contributed by atoms with van der Waals surface area (Å²) in [5.41, 5.74) is 2.38. The summed E-state index contributed by atoms with van der Waals surface area (Å²) in [4.78, 5) is 0. The van der Waals surface area contributed by atoms with Crippen LogP contribution in [0.3, 0.4) is 0 Å². The lowest BCUT2D eigenvalue weighted by molar-refractivity contribution is -0.231. The first kappa shape index (κ1) is 24.7. The molecule has 0 unspecified atom stereocenters. The van der Waals surface area contributed by atoms with Crippen LogP contribution in [0.15, 0.2) is 42.5 Å². The number of ether oxygens (including phenoxy) is 2. The summed E-state index contributed by atoms with van der Waals surface area (Å²) in [7, 11) is -2.17. The maximum Gasteiger partial charge on any atom is 0.141 e. The van der Waals surface area contributed by atoms with Crippen LogP contribution in [-0.4, -0.2) is 70.1 Å². The van der Waals surface area contributed by atoms with E-state index in [1.165, 1.54) is 0 Å². The van der Waals surface area contributed by atoms with Crippen LogP contribution in [0.5, 0.6) is 5.75 Å². The van der Waals surface area contributed by atoms with Crippen molar-refractivity contribution >= 4 is 18.7 Å². The van der Waals surface area contributed by atoms with E-state index in [-0.39, 0.29) is 0 Å². The van der Waals surface area contributed by atoms with Gasteiger partial charge in [-0.3, -0.25) is 0 Å². The maximum atomic E-state index is 12.6. The summed E-state index contributed by atoms with van der Waals surface area (Å²) in [6.45, 7) is -0.480. The Morgan fingerprint density at radius 3 is 2.36 bits per heavy atom. The number of rotatable bonds is 7. The summed E-state index contributed by atoms with van der Waals surface area (Å²) >= 11 is 6.41. The molecule has 0 amide bonds. The van der Waals surface area contributed by atoms with Gasteiger partial charge in [-0.2, -0.15) is 0 Å². The Morgan fingerprint density at radius 2 is 1.70 bits per heavy atom. The molecule has 2 aliphatic rings. The van der Waals surface area contributed by atoms with Crippen LogP contribution in [0.4, 0.5) is 0 Å². The molecule has 0 radical (unpaired) electrons. The molecule has 2 saturated heterocycles. The van der Waals surface area contributed by atoms with Crippen molar-refractivity contribution in [3.63, 3.8) is 0 Å². The monoisotopic (exact) mass is 496 g/mol. The molecule has 7 nitrogen and oxygen atoms in total. The van der Waals surface area contributed by atoms with E-state index in [4.69, 9.17) is 21.1 Å². The Labute approximate surface area is 198 Å². The quantitative estimate of drug-likeness (QED) is 0.435. The van der Waals surface area contributed by atoms with E-state index in [0.29, 0.717) is 29.1 Å². The third-order valence-electron chi connectivity index (χ3n) is 6.46. The van der Waals surface area contributed by atoms with Crippen molar-refractivity contribution in [3.05, 3.63) is 64.2 Å². The van der Waals surface area contributed by atoms with Gasteiger partial charge in [0.15, 0.2) is 0 Å². The second kappa shape index (κ2) is 10.4. The van der Waals surface area contributed by atoms with Crippen molar-refractivity contribution in [2.75, 3.05) is 25.3 Å². The molecule has 5 atom stereocenters. The van der Waals surface area contributed by atoms with E-state index in [2.05, 4.69) is 0 Å². The van der Waals surface area contributed by atoms with E-state index in [9.17, 15) is 25.0 Å². The molecule has 9 heteroatoms. The van der Waals surface area contributed by atoms with Crippen molar-refractivity contribution < 1.29 is 34.5 Å². The Kier molecular flexibility index (Phi) is 7.81. The highest BCUT2D eigenvalue weighted by Gasteiger charge is 2.44. The molecule has 0 saturated carbocycles. The lowest BCUT2D eigenvalue weighted by atomic mass is 9.90. The lowest BCUT2D eigenvalue weighted by Crippen LogP contribution is -2.55. The van der Waals surface area contributed by atoms with Crippen LogP contribution in [0.25, 0.3) is 0 Å². The van der Waals surface area contributed by atoms with Gasteiger partial charge in [-0.25, -0.2) is 0 Å². The van der Waals surface area contributed by atoms with Crippen LogP contribution >= 0.6 is 18.7 Å². The second-order valence-electron chi connectivity index (χ2n) is 8.91. The van der Waals surface area contributed by atoms with Crippen molar-refractivity contribution in [3.8, 4) is 5.75 Å². The molecular formula is C24H30ClO7P. The molecule has 4 N–H and O–H groups in total. The normalized spacial score (nSPS) is 29.2. The third kappa shape index (κ3) is 5.63. The molecule has 2 heterocycles. The standard InChI is InChI=1S/C24H30ClO7P/c25-19-8-5-16(24-23(29)22(28)21(27)20(13-26)32-24)12-17(19)11-15-3-6-18(7-4-15)31-14-33(30)9-1-2-10-33/h3-8,12,20-24,26-29H,1-2,9-11,13-14H2/t20-,21-,22+,23-,24+/m1/s1. The average Bonchev–Trinajstić information content (AvgIpc) is 3.25. The van der Waals surface area contributed by atoms with E-state index in [1.54, 1.807) is 18.2 Å². The number of aliphatic hydroxyl groups excluding tert-OH is 4. The number of hydrogen-bond donors (Lipinski definition) is 4. The van der Waals surface area contributed by atoms with Gasteiger partial charge in [0.2, 0.25) is 0 Å². The van der Waals surface area contributed by atoms with Gasteiger partial charge >= 0.3 is 0 Å². The zero-order chi connectivity index (χ0) is 23.6. The first-order chi connectivity index (χ1) is 15.8. The fraction of sp³-hybridized carbons (Fsp3) is 0.500. The summed E-state index contributed by atoms with van der Waals surface area (Å²) in [5.74, 6) is 0.682. The molecule has 2 aromatic rings. The topological polar surface area (TPSA) is 116 Å². The molecular weight excluding hydrogens is 467 g/mol. The minimum Gasteiger partial charge on any atom is -0.486 e. The van der Waals surface area contributed by atoms with Crippen molar-refractivity contribution in [2.45, 2.75) is 49.8 Å². The van der Waals surface area contributed by atoms with Crippen LogP contribution in [0.2, 0.25) is 5.02 Å². The Hall–Kier alpha value is -1.44. The van der Waals surface area contributed by atoms with Crippen LogP contribution in [-0.2, 0) is 15.7 Å². The number of halogens is 1. The molecule has 33 heavy (non-hydrogen) atoms. The molecule has 2 aromatic carbocycles. The Bertz CT molecular complexity index is 987. The molecule has 180 valence electrons. The van der Waals surface area contributed by atoms with Gasteiger partial charge < -0.3 is 34.5 Å². The molecule has 0 bridgehead atoms. The fourth-order valence-electron chi connectivity index (χ4n) is 4.44. The number of aliphatic hydroxyl groups is 4. The van der Waals surface area contributed by atoms with Gasteiger partial charge in [-0.05, 0) is 54.2 Å². The highest BCUT2D eigenvalue weighted by atomic mass is 35.5. The van der Waals surface area contributed by atoms with Gasteiger partial charge in [0, 0.05) is 17.3 Å². The number of benzene rings is 2. The summed E-state index contributed by atoms with van der Waals surface area (Å²) in [5, 5.41) is 40.5. The SMILES string of the molecule is O=P1(COc2ccc(Cc3cc([C@@H]4O[C@H](CO)[C@@H](O)[C@H](O)[C@H]4O)ccc3Cl)cc2)CCCC1. The third-order valence-corrected chi connectivity index (χ3v) is 9.69. The maximum absolute atomic E-state index is 12.6. The molecule has 4 rings (SSSR count). The van der Waals surface area contributed by atoms with Gasteiger partial charge in [-0.15, -0.1) is 0 Å². The average molecular weight is 497 g/mol. The molecule has 0 spiro atoms. The predicted molar refractivity (Wildman–Crippen MR) is 125 cm³/mol. The molecule has 0 aliphatic carbocycles. The van der Waals surface area contributed by atoms with Crippen molar-refractivity contribution in [1.29, 1.82) is 0 Å². The zero-order valence-corrected chi connectivity index (χ0v) is 19.9. The van der Waals surface area contributed by atoms with E-state index in [1.807, 2.05) is 24.3 Å². The van der Waals surface area contributed by atoms with Gasteiger partial charge in [0.05, 0.1) is 6.61 Å². The van der Waals surface area contributed by atoms with Crippen LogP contribution in [0, 0.1) is 0 Å². The first-order valence-corrected chi connectivity index (χ1v) is 13.8. The minimum atomic E-state index is -2.17. The smallest absolute Gasteiger partial charge is 0.141 e. The summed E-state index contributed by atoms with van der Waals surface area (Å²) in [6, 6.07) is 12.8. The molecule has 2 aliphatic heterocycles. The van der Waals surface area contributed by atoms with Gasteiger partial charge in [0.25, 0.3) is 0 Å². The predicted octanol–water partition coefficient (Wildman–Crippen LogP) is 2.94. The number of hydrogen-bond acceptors (Lipinski definition) is 7.